The number of rotatable bonds is 7. The molecule has 1 fully saturated rings. The van der Waals surface area contributed by atoms with Crippen LogP contribution in [0.5, 0.6) is 0 Å². The van der Waals surface area contributed by atoms with Crippen LogP contribution in [0, 0.1) is 17.8 Å². The third kappa shape index (κ3) is 5.11. The molecular formula is C24H36FNO3. The summed E-state index contributed by atoms with van der Waals surface area (Å²) in [7, 11) is 1.67. The second-order valence-electron chi connectivity index (χ2n) is 8.87. The predicted octanol–water partition coefficient (Wildman–Crippen LogP) is 6.06. The molecule has 0 radical (unpaired) electrons. The van der Waals surface area contributed by atoms with Crippen molar-refractivity contribution < 1.29 is 19.0 Å². The van der Waals surface area contributed by atoms with Gasteiger partial charge in [-0.25, -0.2) is 4.39 Å². The molecule has 5 heteroatoms. The highest BCUT2D eigenvalue weighted by Crippen LogP contribution is 2.40. The molecule has 3 atom stereocenters. The lowest BCUT2D eigenvalue weighted by molar-refractivity contribution is 0.110. The number of nitrogens with zero attached hydrogens (tertiary/aromatic N) is 1. The van der Waals surface area contributed by atoms with Crippen LogP contribution in [0.2, 0.25) is 0 Å². The highest BCUT2D eigenvalue weighted by atomic mass is 19.1. The smallest absolute Gasteiger partial charge is 0.168 e. The molecule has 4 nitrogen and oxygen atoms in total. The Morgan fingerprint density at radius 2 is 1.90 bits per heavy atom. The van der Waals surface area contributed by atoms with Gasteiger partial charge in [0.1, 0.15) is 18.2 Å². The Bertz CT molecular complexity index is 716. The van der Waals surface area contributed by atoms with Crippen molar-refractivity contribution in [2.24, 2.45) is 22.7 Å². The summed E-state index contributed by atoms with van der Waals surface area (Å²) in [5, 5.41) is 10.3. The van der Waals surface area contributed by atoms with Crippen molar-refractivity contribution in [2.75, 3.05) is 20.3 Å². The van der Waals surface area contributed by atoms with E-state index < -0.39 is 0 Å². The fourth-order valence-corrected chi connectivity index (χ4v) is 4.98. The molecule has 0 amide bonds. The van der Waals surface area contributed by atoms with Gasteiger partial charge in [0.05, 0.1) is 18.4 Å². The standard InChI is InChI=1S/C24H36FNO3/c1-15-12-22(29-11-10-28-4)17(3)16(2)20(15)13-19-14-21(25)24(27)23(26-19)18-8-6-5-7-9-18/h12,16,18-20,27H,5-11,13-14H2,1-4H3. The van der Waals surface area contributed by atoms with E-state index in [1.807, 2.05) is 0 Å². The first-order valence-electron chi connectivity index (χ1n) is 11.1. The summed E-state index contributed by atoms with van der Waals surface area (Å²) in [6.07, 6.45) is 8.64. The number of aliphatic hydroxyl groups is 1. The van der Waals surface area contributed by atoms with E-state index in [-0.39, 0.29) is 30.0 Å². The Balaban J connectivity index is 1.72. The first kappa shape index (κ1) is 22.1. The summed E-state index contributed by atoms with van der Waals surface area (Å²) in [4.78, 5) is 4.88. The van der Waals surface area contributed by atoms with Gasteiger partial charge >= 0.3 is 0 Å². The lowest BCUT2D eigenvalue weighted by Crippen LogP contribution is -2.30. The van der Waals surface area contributed by atoms with Crippen molar-refractivity contribution in [3.05, 3.63) is 34.6 Å². The molecule has 2 aliphatic carbocycles. The van der Waals surface area contributed by atoms with Gasteiger partial charge in [0.2, 0.25) is 0 Å². The highest BCUT2D eigenvalue weighted by molar-refractivity contribution is 6.01. The first-order chi connectivity index (χ1) is 13.9. The van der Waals surface area contributed by atoms with Crippen LogP contribution < -0.4 is 0 Å². The Morgan fingerprint density at radius 1 is 1.17 bits per heavy atom. The second kappa shape index (κ2) is 9.92. The zero-order valence-electron chi connectivity index (χ0n) is 18.3. The van der Waals surface area contributed by atoms with Crippen molar-refractivity contribution in [1.82, 2.24) is 0 Å². The molecule has 1 aliphatic heterocycles. The molecule has 3 unspecified atom stereocenters. The van der Waals surface area contributed by atoms with Crippen molar-refractivity contribution >= 4 is 5.71 Å². The summed E-state index contributed by atoms with van der Waals surface area (Å²) >= 11 is 0. The lowest BCUT2D eigenvalue weighted by Gasteiger charge is -2.34. The minimum atomic E-state index is -0.383. The summed E-state index contributed by atoms with van der Waals surface area (Å²) < 4.78 is 25.6. The van der Waals surface area contributed by atoms with Gasteiger partial charge in [0, 0.05) is 19.4 Å². The van der Waals surface area contributed by atoms with Gasteiger partial charge in [-0.1, -0.05) is 31.8 Å². The minimum absolute atomic E-state index is 0.109. The molecule has 0 bridgehead atoms. The summed E-state index contributed by atoms with van der Waals surface area (Å²) in [5.74, 6) is 1.20. The average Bonchev–Trinajstić information content (AvgIpc) is 2.72. The third-order valence-corrected chi connectivity index (χ3v) is 6.92. The zero-order valence-corrected chi connectivity index (χ0v) is 18.3. The minimum Gasteiger partial charge on any atom is -0.504 e. The average molecular weight is 406 g/mol. The van der Waals surface area contributed by atoms with Crippen molar-refractivity contribution in [1.29, 1.82) is 0 Å². The van der Waals surface area contributed by atoms with Crippen LogP contribution in [-0.4, -0.2) is 37.2 Å². The van der Waals surface area contributed by atoms with Gasteiger partial charge < -0.3 is 14.6 Å². The van der Waals surface area contributed by atoms with E-state index in [0.717, 1.165) is 37.9 Å². The molecule has 0 saturated heterocycles. The van der Waals surface area contributed by atoms with Crippen LogP contribution >= 0.6 is 0 Å². The highest BCUT2D eigenvalue weighted by Gasteiger charge is 2.34. The Morgan fingerprint density at radius 3 is 2.59 bits per heavy atom. The monoisotopic (exact) mass is 405 g/mol. The van der Waals surface area contributed by atoms with E-state index in [1.54, 1.807) is 7.11 Å². The number of allylic oxidation sites excluding steroid dienone is 4. The summed E-state index contributed by atoms with van der Waals surface area (Å²) in [5.41, 5.74) is 3.10. The number of aliphatic hydroxyl groups excluding tert-OH is 1. The number of dihydropyridines is 1. The van der Waals surface area contributed by atoms with Crippen LogP contribution in [0.15, 0.2) is 39.6 Å². The number of halogens is 1. The van der Waals surface area contributed by atoms with E-state index in [9.17, 15) is 9.50 Å². The normalized spacial score (nSPS) is 29.1. The van der Waals surface area contributed by atoms with Crippen LogP contribution in [0.1, 0.15) is 65.7 Å². The topological polar surface area (TPSA) is 51.0 Å². The maximum Gasteiger partial charge on any atom is 0.168 e. The number of hydrogen-bond donors (Lipinski definition) is 1. The quantitative estimate of drug-likeness (QED) is 0.524. The van der Waals surface area contributed by atoms with E-state index in [0.29, 0.717) is 30.8 Å². The molecule has 3 aliphatic rings. The summed E-state index contributed by atoms with van der Waals surface area (Å²) in [6.45, 7) is 7.57. The van der Waals surface area contributed by atoms with Gasteiger partial charge in [-0.05, 0) is 56.6 Å². The molecular weight excluding hydrogens is 369 g/mol. The van der Waals surface area contributed by atoms with Gasteiger partial charge in [-0.15, -0.1) is 0 Å². The molecule has 162 valence electrons. The van der Waals surface area contributed by atoms with Crippen LogP contribution in [-0.2, 0) is 9.47 Å². The lowest BCUT2D eigenvalue weighted by atomic mass is 9.74. The van der Waals surface area contributed by atoms with Crippen LogP contribution in [0.3, 0.4) is 0 Å². The molecule has 0 aromatic carbocycles. The maximum atomic E-state index is 14.6. The third-order valence-electron chi connectivity index (χ3n) is 6.92. The molecule has 29 heavy (non-hydrogen) atoms. The molecule has 0 spiro atoms. The largest absolute Gasteiger partial charge is 0.504 e. The van der Waals surface area contributed by atoms with E-state index in [1.165, 1.54) is 17.6 Å². The number of methoxy groups -OCH3 is 1. The fourth-order valence-electron chi connectivity index (χ4n) is 4.98. The molecule has 1 heterocycles. The molecule has 1 N–H and O–H groups in total. The van der Waals surface area contributed by atoms with Gasteiger partial charge in [-0.2, -0.15) is 0 Å². The van der Waals surface area contributed by atoms with Crippen LogP contribution in [0.4, 0.5) is 4.39 Å². The first-order valence-corrected chi connectivity index (χ1v) is 11.1. The second-order valence-corrected chi connectivity index (χ2v) is 8.87. The van der Waals surface area contributed by atoms with E-state index >= 15 is 0 Å². The van der Waals surface area contributed by atoms with Gasteiger partial charge in [0.15, 0.2) is 5.76 Å². The predicted molar refractivity (Wildman–Crippen MR) is 115 cm³/mol. The Kier molecular flexibility index (Phi) is 7.55. The van der Waals surface area contributed by atoms with Gasteiger partial charge in [0.25, 0.3) is 0 Å². The number of hydrogen-bond acceptors (Lipinski definition) is 4. The van der Waals surface area contributed by atoms with Gasteiger partial charge in [-0.3, -0.25) is 4.99 Å². The van der Waals surface area contributed by atoms with Crippen molar-refractivity contribution in [3.63, 3.8) is 0 Å². The van der Waals surface area contributed by atoms with E-state index in [2.05, 4.69) is 26.8 Å². The fraction of sp³-hybridized carbons (Fsp3) is 0.708. The molecule has 1 saturated carbocycles. The SMILES string of the molecule is COCCOC1=C(C)C(C)C(CC2CC(F)=C(O)C(C3CCCCC3)=N2)C(C)=C1. The van der Waals surface area contributed by atoms with Crippen molar-refractivity contribution in [2.45, 2.75) is 71.8 Å². The number of aliphatic imine (C=N–C) groups is 1. The molecule has 3 rings (SSSR count). The molecule has 0 aromatic heterocycles. The summed E-state index contributed by atoms with van der Waals surface area (Å²) in [6, 6.07) is -0.109. The number of ether oxygens (including phenoxy) is 2. The Hall–Kier alpha value is -1.62. The van der Waals surface area contributed by atoms with Crippen molar-refractivity contribution in [3.8, 4) is 0 Å². The molecule has 0 aromatic rings. The maximum absolute atomic E-state index is 14.6. The zero-order chi connectivity index (χ0) is 21.0. The van der Waals surface area contributed by atoms with Crippen LogP contribution in [0.25, 0.3) is 0 Å². The Labute approximate surface area is 174 Å². The van der Waals surface area contributed by atoms with E-state index in [4.69, 9.17) is 14.5 Å².